The Balaban J connectivity index is 0.938. The Hall–Kier alpha value is -11.6. The summed E-state index contributed by atoms with van der Waals surface area (Å²) >= 11 is 0. The summed E-state index contributed by atoms with van der Waals surface area (Å²) in [4.78, 5) is 19.2. The van der Waals surface area contributed by atoms with Gasteiger partial charge in [0.05, 0.1) is 13.7 Å². The first-order valence-electron chi connectivity index (χ1n) is 36.4. The van der Waals surface area contributed by atoms with Crippen LogP contribution in [-0.2, 0) is 0 Å². The topological polar surface area (TPSA) is 41.9 Å². The van der Waals surface area contributed by atoms with Crippen molar-refractivity contribution in [3.63, 3.8) is 0 Å². The van der Waals surface area contributed by atoms with Crippen molar-refractivity contribution >= 4 is 86.8 Å². The Morgan fingerprint density at radius 3 is 1.03 bits per heavy atom. The first kappa shape index (κ1) is 47.3. The molecule has 0 fully saturated rings. The maximum absolute atomic E-state index is 9.16. The number of nitrogens with zero attached hydrogens (tertiary/aromatic N) is 4. The van der Waals surface area contributed by atoms with E-state index < -0.39 is 52.4 Å². The smallest absolute Gasteiger partial charge is 0.328 e. The van der Waals surface area contributed by atoms with Gasteiger partial charge in [-0.2, -0.15) is 0 Å². The lowest BCUT2D eigenvalue weighted by atomic mass is 9.46. The van der Waals surface area contributed by atoms with Crippen LogP contribution in [0.15, 0.2) is 382 Å². The molecule has 442 valence electrons. The number of para-hydroxylation sites is 1. The number of anilines is 2. The van der Waals surface area contributed by atoms with Crippen LogP contribution in [0.5, 0.6) is 0 Å². The quantitative estimate of drug-likeness (QED) is 0.0758. The summed E-state index contributed by atoms with van der Waals surface area (Å²) in [5.41, 5.74) is 9.94. The number of rotatable bonds is 15. The van der Waals surface area contributed by atoms with Gasteiger partial charge < -0.3 is 4.81 Å². The third kappa shape index (κ3) is 10.4. The zero-order chi connectivity index (χ0) is 71.4. The average molecular weight is 1240 g/mol. The summed E-state index contributed by atoms with van der Waals surface area (Å²) in [7, 11) is -7.02. The second-order valence-corrected chi connectivity index (χ2v) is 31.1. The molecule has 0 aliphatic carbocycles. The van der Waals surface area contributed by atoms with Gasteiger partial charge in [0.15, 0.2) is 33.6 Å². The molecule has 0 atom stereocenters. The molecule has 0 saturated carbocycles. The highest BCUT2D eigenvalue weighted by Crippen LogP contribution is 2.41. The van der Waals surface area contributed by atoms with Gasteiger partial charge in [-0.3, -0.25) is 0 Å². The third-order valence-electron chi connectivity index (χ3n) is 18.2. The zero-order valence-electron chi connectivity index (χ0n) is 61.0. The minimum Gasteiger partial charge on any atom is -0.376 e. The van der Waals surface area contributed by atoms with E-state index in [-0.39, 0.29) is 42.1 Å². The van der Waals surface area contributed by atoms with E-state index in [1.807, 2.05) is 127 Å². The molecule has 0 spiro atoms. The van der Waals surface area contributed by atoms with Crippen molar-refractivity contribution in [2.24, 2.45) is 0 Å². The monoisotopic (exact) mass is 1240 g/mol. The van der Waals surface area contributed by atoms with Crippen LogP contribution < -0.4 is 57.2 Å². The van der Waals surface area contributed by atoms with E-state index in [1.54, 1.807) is 0 Å². The van der Waals surface area contributed by atoms with Gasteiger partial charge in [0.2, 0.25) is 0 Å². The molecule has 0 bridgehead atoms. The molecule has 0 N–H and O–H groups in total. The van der Waals surface area contributed by atoms with Crippen LogP contribution in [0.25, 0.3) is 67.5 Å². The molecule has 0 saturated heterocycles. The number of hydrogen-bond acceptors (Lipinski definition) is 4. The van der Waals surface area contributed by atoms with Crippen LogP contribution in [-0.4, -0.2) is 37.9 Å². The molecule has 0 amide bonds. The SMILES string of the molecule is [2H]c1c([2H])c([2H])c(-c2cccc([Si](c3ccccc3)(c3ccccc3)c3cccc(-c4nc(-c5cccc(N6B(c7ccccc7)c7ccccc7-c7ccccc76)c5)nc(-c5cccc([Si](c6ccccc6)(c6ccccc6)c6cccc(-c7c([2H])c([2H])c([2H])c([2H])c7[2H])c6)c5)n4)c3)c2)c([2H])c1[2H]. The fraction of sp³-hybridized carbons (Fsp3) is 0. The third-order valence-corrected chi connectivity index (χ3v) is 27.7. The van der Waals surface area contributed by atoms with Crippen LogP contribution in [0, 0.1) is 0 Å². The number of aromatic nitrogens is 3. The van der Waals surface area contributed by atoms with Crippen molar-refractivity contribution < 1.29 is 13.7 Å². The van der Waals surface area contributed by atoms with E-state index in [9.17, 15) is 0 Å². The number of fused-ring (bicyclic) bond motifs is 3. The fourth-order valence-electron chi connectivity index (χ4n) is 14.1. The molecule has 14 aromatic carbocycles. The molecule has 0 radical (unpaired) electrons. The molecule has 0 unspecified atom stereocenters. The summed E-state index contributed by atoms with van der Waals surface area (Å²) in [6, 6.07) is 107. The van der Waals surface area contributed by atoms with Crippen LogP contribution in [0.4, 0.5) is 11.4 Å². The van der Waals surface area contributed by atoms with Gasteiger partial charge in [-0.25, -0.2) is 15.0 Å². The summed E-state index contributed by atoms with van der Waals surface area (Å²) in [6.45, 7) is -0.208. The first-order valence-corrected chi connectivity index (χ1v) is 35.4. The van der Waals surface area contributed by atoms with Gasteiger partial charge in [0.25, 0.3) is 0 Å². The van der Waals surface area contributed by atoms with Crippen molar-refractivity contribution in [2.45, 2.75) is 0 Å². The van der Waals surface area contributed by atoms with Crippen molar-refractivity contribution in [2.75, 3.05) is 4.81 Å². The van der Waals surface area contributed by atoms with Crippen LogP contribution in [0.3, 0.4) is 0 Å². The van der Waals surface area contributed by atoms with E-state index in [0.29, 0.717) is 39.7 Å². The predicted octanol–water partition coefficient (Wildman–Crippen LogP) is 13.9. The van der Waals surface area contributed by atoms with Gasteiger partial charge >= 0.3 is 6.85 Å². The Morgan fingerprint density at radius 1 is 0.266 bits per heavy atom. The van der Waals surface area contributed by atoms with Crippen molar-refractivity contribution in [1.29, 1.82) is 0 Å². The van der Waals surface area contributed by atoms with Gasteiger partial charge in [-0.1, -0.05) is 369 Å². The molecule has 1 aliphatic rings. The molecule has 1 aromatic heterocycles. The lowest BCUT2D eigenvalue weighted by molar-refractivity contribution is 1.07. The van der Waals surface area contributed by atoms with Gasteiger partial charge in [0, 0.05) is 33.6 Å². The van der Waals surface area contributed by atoms with Crippen LogP contribution in [0.1, 0.15) is 13.7 Å². The molecular formula is C87H63BN4Si2. The van der Waals surface area contributed by atoms with E-state index in [0.717, 1.165) is 69.5 Å². The summed E-state index contributed by atoms with van der Waals surface area (Å²) in [5.74, 6) is 1.23. The average Bonchev–Trinajstić information content (AvgIpc) is 0.729. The second kappa shape index (κ2) is 25.2. The Kier molecular flexibility index (Phi) is 12.7. The zero-order valence-corrected chi connectivity index (χ0v) is 53.0. The van der Waals surface area contributed by atoms with E-state index >= 15 is 0 Å². The fourth-order valence-corrected chi connectivity index (χ4v) is 23.8. The Morgan fingerprint density at radius 2 is 0.596 bits per heavy atom. The number of benzene rings is 14. The summed E-state index contributed by atoms with van der Waals surface area (Å²) in [5, 5.41) is 7.97. The highest BCUT2D eigenvalue weighted by Gasteiger charge is 2.44. The molecule has 2 heterocycles. The first-order chi connectivity index (χ1) is 50.7. The predicted molar refractivity (Wildman–Crippen MR) is 400 cm³/mol. The van der Waals surface area contributed by atoms with E-state index in [4.69, 9.17) is 28.7 Å². The second-order valence-electron chi connectivity index (χ2n) is 23.4. The standard InChI is InChI=1S/C87H63BN4Si2/c1-8-31-64(32-9-1)66-35-27-51-77(60-66)93(73-43-14-4-15-44-73,74-45-16-5-17-46-74)79-53-29-38-69(62-79)86-89-85(68-37-26-42-72(59-68)92-84-58-25-23-56-82(84)81-55-22-24-57-83(81)88(92)71-40-12-3-13-41-71)90-87(91-86)70-39-30-54-80(63-70)94(75-47-18-6-19-48-75,76-49-20-7-21-50-76)78-52-28-36-67(61-78)65-33-10-2-11-34-65/h1-63H/i1D,2D,8D,9D,10D,11D,31D,32D,33D,34D. The van der Waals surface area contributed by atoms with Crippen LogP contribution >= 0.6 is 0 Å². The minimum atomic E-state index is -3.51. The molecule has 4 nitrogen and oxygen atoms in total. The molecule has 15 aromatic rings. The molecule has 16 rings (SSSR count). The Labute approximate surface area is 566 Å². The van der Waals surface area contributed by atoms with Gasteiger partial charge in [0.1, 0.15) is 0 Å². The molecule has 7 heteroatoms. The largest absolute Gasteiger partial charge is 0.376 e. The lowest BCUT2D eigenvalue weighted by Gasteiger charge is -2.39. The van der Waals surface area contributed by atoms with E-state index in [1.165, 1.54) is 11.0 Å². The highest BCUT2D eigenvalue weighted by molar-refractivity contribution is 7.20. The van der Waals surface area contributed by atoms with Crippen molar-refractivity contribution in [3.8, 4) is 67.5 Å². The van der Waals surface area contributed by atoms with Crippen molar-refractivity contribution in [1.82, 2.24) is 15.0 Å². The Bertz CT molecular complexity index is 5410. The highest BCUT2D eigenvalue weighted by atomic mass is 28.3. The molecule has 94 heavy (non-hydrogen) atoms. The van der Waals surface area contributed by atoms with Crippen molar-refractivity contribution in [3.05, 3.63) is 382 Å². The number of hydrogen-bond donors (Lipinski definition) is 0. The summed E-state index contributed by atoms with van der Waals surface area (Å²) < 4.78 is 88.5. The molecular weight excluding hydrogens is 1170 g/mol. The maximum atomic E-state index is 9.16. The minimum absolute atomic E-state index is 0.119. The lowest BCUT2D eigenvalue weighted by Crippen LogP contribution is -2.74. The van der Waals surface area contributed by atoms with E-state index in [2.05, 4.69) is 199 Å². The normalized spacial score (nSPS) is 13.5. The maximum Gasteiger partial charge on any atom is 0.328 e. The summed E-state index contributed by atoms with van der Waals surface area (Å²) in [6.07, 6.45) is 0. The van der Waals surface area contributed by atoms with Gasteiger partial charge in [-0.05, 0) is 93.0 Å². The van der Waals surface area contributed by atoms with Crippen LogP contribution in [0.2, 0.25) is 0 Å². The molecule has 1 aliphatic heterocycles. The van der Waals surface area contributed by atoms with Gasteiger partial charge in [-0.15, -0.1) is 0 Å².